The molecule has 1 atom stereocenters. The fourth-order valence-electron chi connectivity index (χ4n) is 3.17. The van der Waals surface area contributed by atoms with Gasteiger partial charge in [0.05, 0.1) is 5.69 Å². The van der Waals surface area contributed by atoms with Crippen molar-refractivity contribution in [3.8, 4) is 5.75 Å². The maximum absolute atomic E-state index is 12.4. The highest BCUT2D eigenvalue weighted by molar-refractivity contribution is 6.00. The SMILES string of the molecule is CC(C)CN1C(=O)C(C)Oc2cc(NC(=O)CCc3ccccc3)ccc21. The molecule has 142 valence electrons. The lowest BCUT2D eigenvalue weighted by atomic mass is 10.1. The molecule has 1 heterocycles. The van der Waals surface area contributed by atoms with Crippen molar-refractivity contribution in [1.82, 2.24) is 0 Å². The second-order valence-corrected chi connectivity index (χ2v) is 7.32. The van der Waals surface area contributed by atoms with Gasteiger partial charge in [0.2, 0.25) is 5.91 Å². The molecule has 1 aliphatic heterocycles. The molecule has 0 radical (unpaired) electrons. The van der Waals surface area contributed by atoms with Crippen LogP contribution in [0.2, 0.25) is 0 Å². The van der Waals surface area contributed by atoms with E-state index in [0.717, 1.165) is 11.3 Å². The Morgan fingerprint density at radius 1 is 1.19 bits per heavy atom. The van der Waals surface area contributed by atoms with Crippen molar-refractivity contribution in [3.63, 3.8) is 0 Å². The quantitative estimate of drug-likeness (QED) is 0.840. The van der Waals surface area contributed by atoms with Gasteiger partial charge in [-0.1, -0.05) is 44.2 Å². The highest BCUT2D eigenvalue weighted by atomic mass is 16.5. The Bertz CT molecular complexity index is 818. The van der Waals surface area contributed by atoms with Crippen molar-refractivity contribution in [1.29, 1.82) is 0 Å². The summed E-state index contributed by atoms with van der Waals surface area (Å²) in [4.78, 5) is 26.5. The van der Waals surface area contributed by atoms with Gasteiger partial charge in [-0.05, 0) is 37.0 Å². The van der Waals surface area contributed by atoms with Gasteiger partial charge in [-0.15, -0.1) is 0 Å². The zero-order valence-electron chi connectivity index (χ0n) is 16.1. The molecule has 2 amide bonds. The fraction of sp³-hybridized carbons (Fsp3) is 0.364. The first kappa shape index (κ1) is 19.0. The van der Waals surface area contributed by atoms with Gasteiger partial charge in [0, 0.05) is 24.7 Å². The van der Waals surface area contributed by atoms with Crippen molar-refractivity contribution >= 4 is 23.2 Å². The highest BCUT2D eigenvalue weighted by Crippen LogP contribution is 2.36. The molecule has 1 aliphatic rings. The summed E-state index contributed by atoms with van der Waals surface area (Å²) < 4.78 is 5.76. The average Bonchev–Trinajstić information content (AvgIpc) is 2.64. The van der Waals surface area contributed by atoms with Crippen LogP contribution in [0.25, 0.3) is 0 Å². The van der Waals surface area contributed by atoms with Gasteiger partial charge in [0.15, 0.2) is 6.10 Å². The smallest absolute Gasteiger partial charge is 0.267 e. The Morgan fingerprint density at radius 2 is 1.93 bits per heavy atom. The van der Waals surface area contributed by atoms with Crippen LogP contribution in [0, 0.1) is 5.92 Å². The summed E-state index contributed by atoms with van der Waals surface area (Å²) >= 11 is 0. The predicted molar refractivity (Wildman–Crippen MR) is 107 cm³/mol. The zero-order chi connectivity index (χ0) is 19.4. The second-order valence-electron chi connectivity index (χ2n) is 7.32. The molecule has 0 spiro atoms. The summed E-state index contributed by atoms with van der Waals surface area (Å²) in [6, 6.07) is 15.4. The average molecular weight is 366 g/mol. The number of carbonyl (C=O) groups excluding carboxylic acids is 2. The minimum absolute atomic E-state index is 0.0316. The minimum Gasteiger partial charge on any atom is -0.479 e. The molecule has 3 rings (SSSR count). The van der Waals surface area contributed by atoms with Crippen LogP contribution in [0.5, 0.6) is 5.75 Å². The van der Waals surface area contributed by atoms with Crippen LogP contribution in [-0.4, -0.2) is 24.5 Å². The van der Waals surface area contributed by atoms with Crippen molar-refractivity contribution in [3.05, 3.63) is 54.1 Å². The van der Waals surface area contributed by atoms with Gasteiger partial charge in [0.1, 0.15) is 5.75 Å². The van der Waals surface area contributed by atoms with E-state index in [2.05, 4.69) is 19.2 Å². The molecule has 5 heteroatoms. The molecule has 0 saturated carbocycles. The third kappa shape index (κ3) is 4.67. The van der Waals surface area contributed by atoms with E-state index in [1.54, 1.807) is 17.9 Å². The summed E-state index contributed by atoms with van der Waals surface area (Å²) in [7, 11) is 0. The van der Waals surface area contributed by atoms with Gasteiger partial charge < -0.3 is 15.0 Å². The van der Waals surface area contributed by atoms with Crippen LogP contribution >= 0.6 is 0 Å². The molecule has 0 saturated heterocycles. The number of amides is 2. The van der Waals surface area contributed by atoms with Crippen LogP contribution in [0.4, 0.5) is 11.4 Å². The number of benzene rings is 2. The van der Waals surface area contributed by atoms with E-state index in [1.165, 1.54) is 0 Å². The van der Waals surface area contributed by atoms with Gasteiger partial charge in [-0.3, -0.25) is 9.59 Å². The number of ether oxygens (including phenoxy) is 1. The zero-order valence-corrected chi connectivity index (χ0v) is 16.1. The molecule has 2 aromatic carbocycles. The van der Waals surface area contributed by atoms with E-state index in [4.69, 9.17) is 4.74 Å². The molecule has 1 N–H and O–H groups in total. The molecule has 0 aromatic heterocycles. The van der Waals surface area contributed by atoms with E-state index >= 15 is 0 Å². The summed E-state index contributed by atoms with van der Waals surface area (Å²) in [6.45, 7) is 6.55. The Hall–Kier alpha value is -2.82. The Balaban J connectivity index is 1.69. The Labute approximate surface area is 160 Å². The van der Waals surface area contributed by atoms with Crippen molar-refractivity contribution in [2.24, 2.45) is 5.92 Å². The van der Waals surface area contributed by atoms with E-state index < -0.39 is 6.10 Å². The van der Waals surface area contributed by atoms with Gasteiger partial charge in [0.25, 0.3) is 5.91 Å². The summed E-state index contributed by atoms with van der Waals surface area (Å²) in [5.41, 5.74) is 2.57. The van der Waals surface area contributed by atoms with Gasteiger partial charge in [-0.25, -0.2) is 0 Å². The maximum Gasteiger partial charge on any atom is 0.267 e. The van der Waals surface area contributed by atoms with Crippen molar-refractivity contribution in [2.75, 3.05) is 16.8 Å². The normalized spacial score (nSPS) is 16.1. The number of anilines is 2. The van der Waals surface area contributed by atoms with Crippen LogP contribution in [0.1, 0.15) is 32.8 Å². The third-order valence-corrected chi connectivity index (χ3v) is 4.48. The minimum atomic E-state index is -0.528. The molecular formula is C22H26N2O3. The standard InChI is InChI=1S/C22H26N2O3/c1-15(2)14-24-19-11-10-18(13-20(19)27-16(3)22(24)26)23-21(25)12-9-17-7-5-4-6-8-17/h4-8,10-11,13,15-16H,9,12,14H2,1-3H3,(H,23,25). The van der Waals surface area contributed by atoms with Crippen LogP contribution in [-0.2, 0) is 16.0 Å². The molecule has 27 heavy (non-hydrogen) atoms. The molecule has 0 bridgehead atoms. The second kappa shape index (κ2) is 8.25. The first-order chi connectivity index (χ1) is 12.9. The topological polar surface area (TPSA) is 58.6 Å². The molecule has 0 fully saturated rings. The lowest BCUT2D eigenvalue weighted by Gasteiger charge is -2.34. The number of carbonyl (C=O) groups is 2. The van der Waals surface area contributed by atoms with E-state index in [-0.39, 0.29) is 11.8 Å². The maximum atomic E-state index is 12.4. The number of aryl methyl sites for hydroxylation is 1. The van der Waals surface area contributed by atoms with E-state index in [0.29, 0.717) is 36.7 Å². The largest absolute Gasteiger partial charge is 0.479 e. The summed E-state index contributed by atoms with van der Waals surface area (Å²) in [5.74, 6) is 0.904. The number of hydrogen-bond acceptors (Lipinski definition) is 3. The third-order valence-electron chi connectivity index (χ3n) is 4.48. The van der Waals surface area contributed by atoms with Crippen LogP contribution in [0.3, 0.4) is 0 Å². The first-order valence-electron chi connectivity index (χ1n) is 9.40. The summed E-state index contributed by atoms with van der Waals surface area (Å²) in [6.07, 6.45) is 0.582. The van der Waals surface area contributed by atoms with Crippen molar-refractivity contribution < 1.29 is 14.3 Å². The molecule has 5 nitrogen and oxygen atoms in total. The van der Waals surface area contributed by atoms with E-state index in [1.807, 2.05) is 42.5 Å². The Morgan fingerprint density at radius 3 is 2.63 bits per heavy atom. The first-order valence-corrected chi connectivity index (χ1v) is 9.40. The number of nitrogens with one attached hydrogen (secondary N) is 1. The summed E-state index contributed by atoms with van der Waals surface area (Å²) in [5, 5.41) is 2.92. The Kier molecular flexibility index (Phi) is 5.79. The molecule has 0 aliphatic carbocycles. The van der Waals surface area contributed by atoms with Crippen LogP contribution in [0.15, 0.2) is 48.5 Å². The number of hydrogen-bond donors (Lipinski definition) is 1. The molecule has 2 aromatic rings. The monoisotopic (exact) mass is 366 g/mol. The number of nitrogens with zero attached hydrogens (tertiary/aromatic N) is 1. The van der Waals surface area contributed by atoms with Crippen molar-refractivity contribution in [2.45, 2.75) is 39.7 Å². The van der Waals surface area contributed by atoms with Crippen LogP contribution < -0.4 is 15.0 Å². The predicted octanol–water partition coefficient (Wildman–Crippen LogP) is 4.03. The van der Waals surface area contributed by atoms with E-state index in [9.17, 15) is 9.59 Å². The number of fused-ring (bicyclic) bond motifs is 1. The molecule has 1 unspecified atom stereocenters. The van der Waals surface area contributed by atoms with Gasteiger partial charge >= 0.3 is 0 Å². The van der Waals surface area contributed by atoms with Gasteiger partial charge in [-0.2, -0.15) is 0 Å². The highest BCUT2D eigenvalue weighted by Gasteiger charge is 2.31. The fourth-order valence-corrected chi connectivity index (χ4v) is 3.17. The lowest BCUT2D eigenvalue weighted by Crippen LogP contribution is -2.46. The lowest BCUT2D eigenvalue weighted by molar-refractivity contribution is -0.125. The molecular weight excluding hydrogens is 340 g/mol. The number of rotatable bonds is 6.